The van der Waals surface area contributed by atoms with Gasteiger partial charge in [-0.3, -0.25) is 0 Å². The van der Waals surface area contributed by atoms with Gasteiger partial charge in [0.2, 0.25) is 0 Å². The van der Waals surface area contributed by atoms with Crippen LogP contribution in [-0.4, -0.2) is 0 Å². The average molecular weight is 159 g/mol. The van der Waals surface area contributed by atoms with Gasteiger partial charge in [0.15, 0.2) is 0 Å². The van der Waals surface area contributed by atoms with E-state index < -0.39 is 0 Å². The van der Waals surface area contributed by atoms with E-state index in [-0.39, 0.29) is 0 Å². The van der Waals surface area contributed by atoms with Gasteiger partial charge in [-0.2, -0.15) is 0 Å². The van der Waals surface area contributed by atoms with Crippen LogP contribution in [-0.2, 0) is 0 Å². The van der Waals surface area contributed by atoms with Gasteiger partial charge in [-0.1, -0.05) is 18.2 Å². The summed E-state index contributed by atoms with van der Waals surface area (Å²) in [6, 6.07) is 0. The molecule has 0 saturated heterocycles. The van der Waals surface area contributed by atoms with Gasteiger partial charge >= 0.3 is 0 Å². The maximum Gasteiger partial charge on any atom is -0.0196 e. The van der Waals surface area contributed by atoms with E-state index in [4.69, 9.17) is 0 Å². The van der Waals surface area contributed by atoms with E-state index in [0.717, 1.165) is 6.42 Å². The van der Waals surface area contributed by atoms with Crippen molar-refractivity contribution in [2.45, 2.75) is 38.5 Å². The van der Waals surface area contributed by atoms with Crippen LogP contribution >= 0.6 is 0 Å². The minimum absolute atomic E-state index is 1.11. The number of hydrogen-bond acceptors (Lipinski definition) is 0. The van der Waals surface area contributed by atoms with Crippen LogP contribution in [0, 0.1) is 6.08 Å². The summed E-state index contributed by atoms with van der Waals surface area (Å²) >= 11 is 0. The van der Waals surface area contributed by atoms with Gasteiger partial charge in [-0.15, -0.1) is 0 Å². The highest BCUT2D eigenvalue weighted by Gasteiger charge is 2.07. The summed E-state index contributed by atoms with van der Waals surface area (Å²) in [6.07, 6.45) is 17.9. The Labute approximate surface area is 74.7 Å². The molecule has 0 bridgehead atoms. The van der Waals surface area contributed by atoms with E-state index in [1.54, 1.807) is 0 Å². The fraction of sp³-hybridized carbons (Fsp3) is 0.500. The standard InChI is InChI=1S/C12H15/c1-3-7-11(8-4-1)12-9-5-2-6-10-12/h3,7,9H,1-2,4-6,10H2. The quantitative estimate of drug-likeness (QED) is 0.548. The van der Waals surface area contributed by atoms with E-state index in [1.165, 1.54) is 43.3 Å². The molecule has 0 unspecified atom stereocenters. The third-order valence-corrected chi connectivity index (χ3v) is 2.55. The zero-order valence-corrected chi connectivity index (χ0v) is 7.47. The molecule has 0 heterocycles. The number of hydrogen-bond donors (Lipinski definition) is 0. The smallest absolute Gasteiger partial charge is 0.0196 e. The van der Waals surface area contributed by atoms with Crippen LogP contribution in [0.2, 0.25) is 0 Å². The van der Waals surface area contributed by atoms with Gasteiger partial charge in [-0.25, -0.2) is 0 Å². The fourth-order valence-electron chi connectivity index (χ4n) is 1.85. The number of rotatable bonds is 1. The first kappa shape index (κ1) is 7.85. The van der Waals surface area contributed by atoms with Crippen molar-refractivity contribution in [1.29, 1.82) is 0 Å². The van der Waals surface area contributed by atoms with E-state index in [1.807, 2.05) is 0 Å². The van der Waals surface area contributed by atoms with Crippen molar-refractivity contribution in [1.82, 2.24) is 0 Å². The summed E-state index contributed by atoms with van der Waals surface area (Å²) in [6.45, 7) is 0. The summed E-state index contributed by atoms with van der Waals surface area (Å²) in [4.78, 5) is 0. The molecule has 0 fully saturated rings. The van der Waals surface area contributed by atoms with Crippen LogP contribution in [0.4, 0.5) is 0 Å². The molecule has 2 aliphatic carbocycles. The van der Waals surface area contributed by atoms with Crippen molar-refractivity contribution >= 4 is 0 Å². The van der Waals surface area contributed by atoms with E-state index in [0.29, 0.717) is 0 Å². The Morgan fingerprint density at radius 3 is 2.83 bits per heavy atom. The molecule has 0 atom stereocenters. The van der Waals surface area contributed by atoms with Crippen molar-refractivity contribution in [2.24, 2.45) is 0 Å². The first-order chi connectivity index (χ1) is 5.97. The monoisotopic (exact) mass is 159 g/mol. The molecule has 2 rings (SSSR count). The van der Waals surface area contributed by atoms with E-state index in [9.17, 15) is 0 Å². The molecule has 0 N–H and O–H groups in total. The molecule has 0 aromatic rings. The van der Waals surface area contributed by atoms with Gasteiger partial charge in [0.25, 0.3) is 0 Å². The molecular formula is C12H15. The Hall–Kier alpha value is -0.780. The summed E-state index contributed by atoms with van der Waals surface area (Å²) in [7, 11) is 0. The third kappa shape index (κ3) is 1.69. The molecule has 63 valence electrons. The second kappa shape index (κ2) is 3.75. The maximum absolute atomic E-state index is 3.45. The second-order valence-corrected chi connectivity index (χ2v) is 3.51. The Balaban J connectivity index is 2.12. The van der Waals surface area contributed by atoms with Crippen molar-refractivity contribution < 1.29 is 0 Å². The summed E-state index contributed by atoms with van der Waals surface area (Å²) < 4.78 is 0. The minimum atomic E-state index is 1.11. The molecule has 0 aromatic heterocycles. The molecule has 12 heavy (non-hydrogen) atoms. The Kier molecular flexibility index (Phi) is 2.45. The fourth-order valence-corrected chi connectivity index (χ4v) is 1.85. The van der Waals surface area contributed by atoms with E-state index >= 15 is 0 Å². The highest BCUT2D eigenvalue weighted by Crippen LogP contribution is 2.26. The summed E-state index contributed by atoms with van der Waals surface area (Å²) in [5, 5.41) is 0. The molecule has 0 aromatic carbocycles. The molecule has 0 spiro atoms. The molecule has 0 nitrogen and oxygen atoms in total. The predicted molar refractivity (Wildman–Crippen MR) is 51.7 cm³/mol. The zero-order chi connectivity index (χ0) is 8.23. The minimum Gasteiger partial charge on any atom is -0.0836 e. The molecule has 1 radical (unpaired) electrons. The molecule has 2 aliphatic rings. The number of allylic oxidation sites excluding steroid dienone is 6. The van der Waals surface area contributed by atoms with Crippen LogP contribution < -0.4 is 0 Å². The lowest BCUT2D eigenvalue weighted by Crippen LogP contribution is -1.96. The zero-order valence-electron chi connectivity index (χ0n) is 7.47. The molecule has 0 amide bonds. The van der Waals surface area contributed by atoms with E-state index in [2.05, 4.69) is 24.3 Å². The topological polar surface area (TPSA) is 0 Å². The summed E-state index contributed by atoms with van der Waals surface area (Å²) in [5.74, 6) is 0. The molecule has 0 saturated carbocycles. The van der Waals surface area contributed by atoms with Crippen molar-refractivity contribution in [3.05, 3.63) is 35.5 Å². The van der Waals surface area contributed by atoms with Crippen LogP contribution in [0.25, 0.3) is 0 Å². The van der Waals surface area contributed by atoms with Crippen LogP contribution in [0.5, 0.6) is 0 Å². The van der Waals surface area contributed by atoms with Crippen LogP contribution in [0.15, 0.2) is 29.4 Å². The lowest BCUT2D eigenvalue weighted by atomic mass is 9.91. The Bertz CT molecular complexity index is 241. The van der Waals surface area contributed by atoms with Gasteiger partial charge in [0.05, 0.1) is 0 Å². The molecule has 0 aliphatic heterocycles. The summed E-state index contributed by atoms with van der Waals surface area (Å²) in [5.41, 5.74) is 2.91. The largest absolute Gasteiger partial charge is 0.0836 e. The molecule has 0 heteroatoms. The lowest BCUT2D eigenvalue weighted by molar-refractivity contribution is 0.706. The van der Waals surface area contributed by atoms with Crippen molar-refractivity contribution in [2.75, 3.05) is 0 Å². The highest BCUT2D eigenvalue weighted by atomic mass is 14.1. The van der Waals surface area contributed by atoms with Gasteiger partial charge in [0, 0.05) is 0 Å². The highest BCUT2D eigenvalue weighted by molar-refractivity contribution is 5.39. The van der Waals surface area contributed by atoms with Gasteiger partial charge < -0.3 is 0 Å². The third-order valence-electron chi connectivity index (χ3n) is 2.55. The van der Waals surface area contributed by atoms with Gasteiger partial charge in [0.1, 0.15) is 0 Å². The van der Waals surface area contributed by atoms with Gasteiger partial charge in [-0.05, 0) is 55.7 Å². The first-order valence-electron chi connectivity index (χ1n) is 4.93. The first-order valence-corrected chi connectivity index (χ1v) is 4.93. The maximum atomic E-state index is 3.45. The predicted octanol–water partition coefficient (Wildman–Crippen LogP) is 3.57. The second-order valence-electron chi connectivity index (χ2n) is 3.51. The normalized spacial score (nSPS) is 23.3. The molecular weight excluding hydrogens is 144 g/mol. The Morgan fingerprint density at radius 1 is 1.17 bits per heavy atom. The van der Waals surface area contributed by atoms with Crippen molar-refractivity contribution in [3.8, 4) is 0 Å². The SMILES string of the molecule is [C]1=C(C2=CCCCC2)C=CCC1. The van der Waals surface area contributed by atoms with Crippen LogP contribution in [0.3, 0.4) is 0 Å². The van der Waals surface area contributed by atoms with Crippen molar-refractivity contribution in [3.63, 3.8) is 0 Å². The van der Waals surface area contributed by atoms with Crippen LogP contribution in [0.1, 0.15) is 38.5 Å². The Morgan fingerprint density at radius 2 is 2.17 bits per heavy atom. The average Bonchev–Trinajstić information content (AvgIpc) is 2.21. The lowest BCUT2D eigenvalue weighted by Gasteiger charge is -2.15.